The van der Waals surface area contributed by atoms with E-state index in [1.54, 1.807) is 5.01 Å². The Morgan fingerprint density at radius 3 is 2.60 bits per heavy atom. The van der Waals surface area contributed by atoms with Gasteiger partial charge in [0.05, 0.1) is 6.17 Å². The van der Waals surface area contributed by atoms with E-state index in [-0.39, 0.29) is 18.3 Å². The summed E-state index contributed by atoms with van der Waals surface area (Å²) in [6.45, 7) is 0.632. The number of nitrogens with one attached hydrogen (secondary N) is 2. The summed E-state index contributed by atoms with van der Waals surface area (Å²) in [5.41, 5.74) is 11.1. The molecular formula is C9H12F2N4. The van der Waals surface area contributed by atoms with Crippen LogP contribution in [-0.2, 0) is 6.54 Å². The average molecular weight is 214 g/mol. The highest BCUT2D eigenvalue weighted by Gasteiger charge is 2.20. The summed E-state index contributed by atoms with van der Waals surface area (Å²) in [6.07, 6.45) is -0.222. The van der Waals surface area contributed by atoms with E-state index in [0.29, 0.717) is 6.54 Å². The van der Waals surface area contributed by atoms with Crippen LogP contribution in [0.5, 0.6) is 0 Å². The molecule has 15 heavy (non-hydrogen) atoms. The summed E-state index contributed by atoms with van der Waals surface area (Å²) in [5, 5.41) is 1.62. The molecule has 6 heteroatoms. The smallest absolute Gasteiger partial charge is 0.130 e. The van der Waals surface area contributed by atoms with Crippen LogP contribution >= 0.6 is 0 Å². The zero-order valence-corrected chi connectivity index (χ0v) is 8.00. The van der Waals surface area contributed by atoms with E-state index in [1.807, 2.05) is 0 Å². The lowest BCUT2D eigenvalue weighted by molar-refractivity contribution is 0.217. The lowest BCUT2D eigenvalue weighted by Gasteiger charge is -2.14. The summed E-state index contributed by atoms with van der Waals surface area (Å²) in [5.74, 6) is -1.09. The first-order valence-electron chi connectivity index (χ1n) is 4.61. The van der Waals surface area contributed by atoms with Crippen molar-refractivity contribution in [3.05, 3.63) is 35.4 Å². The van der Waals surface area contributed by atoms with Gasteiger partial charge in [0, 0.05) is 18.7 Å². The van der Waals surface area contributed by atoms with E-state index in [4.69, 9.17) is 5.73 Å². The van der Waals surface area contributed by atoms with Crippen molar-refractivity contribution in [3.63, 3.8) is 0 Å². The van der Waals surface area contributed by atoms with Gasteiger partial charge in [0.2, 0.25) is 0 Å². The number of rotatable bonds is 2. The first kappa shape index (κ1) is 10.4. The predicted molar refractivity (Wildman–Crippen MR) is 51.0 cm³/mol. The molecule has 0 radical (unpaired) electrons. The quantitative estimate of drug-likeness (QED) is 0.652. The maximum Gasteiger partial charge on any atom is 0.130 e. The third-order valence-electron chi connectivity index (χ3n) is 2.24. The van der Waals surface area contributed by atoms with Crippen LogP contribution in [0.3, 0.4) is 0 Å². The molecule has 0 amide bonds. The third kappa shape index (κ3) is 2.29. The fraction of sp³-hybridized carbons (Fsp3) is 0.333. The molecule has 82 valence electrons. The second kappa shape index (κ2) is 4.19. The van der Waals surface area contributed by atoms with Crippen molar-refractivity contribution >= 4 is 0 Å². The number of benzene rings is 1. The van der Waals surface area contributed by atoms with Gasteiger partial charge in [-0.2, -0.15) is 5.53 Å². The van der Waals surface area contributed by atoms with Gasteiger partial charge in [-0.1, -0.05) is 6.07 Å². The Labute approximate surface area is 86.0 Å². The molecule has 2 rings (SSSR count). The van der Waals surface area contributed by atoms with E-state index < -0.39 is 11.6 Å². The molecular weight excluding hydrogens is 202 g/mol. The number of nitrogens with zero attached hydrogens (tertiary/aromatic N) is 1. The fourth-order valence-corrected chi connectivity index (χ4v) is 1.48. The van der Waals surface area contributed by atoms with Gasteiger partial charge in [-0.15, -0.1) is 0 Å². The van der Waals surface area contributed by atoms with E-state index in [9.17, 15) is 8.78 Å². The average Bonchev–Trinajstić information content (AvgIpc) is 2.58. The minimum atomic E-state index is -0.544. The van der Waals surface area contributed by atoms with Crippen LogP contribution in [0.25, 0.3) is 0 Å². The lowest BCUT2D eigenvalue weighted by Crippen LogP contribution is -2.39. The molecule has 1 aliphatic rings. The van der Waals surface area contributed by atoms with Gasteiger partial charge in [0.1, 0.15) is 11.6 Å². The van der Waals surface area contributed by atoms with Crippen LogP contribution in [-0.4, -0.2) is 17.7 Å². The molecule has 1 heterocycles. The van der Waals surface area contributed by atoms with Crippen molar-refractivity contribution in [2.75, 3.05) is 6.54 Å². The summed E-state index contributed by atoms with van der Waals surface area (Å²) < 4.78 is 26.5. The highest BCUT2D eigenvalue weighted by Crippen LogP contribution is 2.14. The fourth-order valence-electron chi connectivity index (χ4n) is 1.48. The summed E-state index contributed by atoms with van der Waals surface area (Å²) in [4.78, 5) is 0. The molecule has 0 bridgehead atoms. The van der Waals surface area contributed by atoms with Gasteiger partial charge < -0.3 is 5.73 Å². The molecule has 0 aromatic heterocycles. The minimum Gasteiger partial charge on any atom is -0.314 e. The molecule has 1 aliphatic heterocycles. The zero-order chi connectivity index (χ0) is 10.8. The second-order valence-electron chi connectivity index (χ2n) is 3.44. The summed E-state index contributed by atoms with van der Waals surface area (Å²) in [7, 11) is 0. The molecule has 0 aliphatic carbocycles. The maximum atomic E-state index is 13.3. The lowest BCUT2D eigenvalue weighted by atomic mass is 10.2. The SMILES string of the molecule is NC1CN(Cc2c(F)cccc2F)NN1. The van der Waals surface area contributed by atoms with Crippen molar-refractivity contribution in [3.8, 4) is 0 Å². The maximum absolute atomic E-state index is 13.3. The first-order valence-corrected chi connectivity index (χ1v) is 4.61. The molecule has 4 N–H and O–H groups in total. The topological polar surface area (TPSA) is 53.3 Å². The molecule has 1 aromatic carbocycles. The molecule has 0 spiro atoms. The van der Waals surface area contributed by atoms with E-state index in [0.717, 1.165) is 0 Å². The number of hydrazine groups is 2. The Kier molecular flexibility index (Phi) is 2.92. The highest BCUT2D eigenvalue weighted by molar-refractivity contribution is 5.19. The van der Waals surface area contributed by atoms with Crippen LogP contribution in [0.15, 0.2) is 18.2 Å². The summed E-state index contributed by atoms with van der Waals surface area (Å²) >= 11 is 0. The second-order valence-corrected chi connectivity index (χ2v) is 3.44. The Morgan fingerprint density at radius 2 is 2.07 bits per heavy atom. The van der Waals surface area contributed by atoms with E-state index in [2.05, 4.69) is 11.0 Å². The first-order chi connectivity index (χ1) is 7.16. The molecule has 4 nitrogen and oxygen atoms in total. The van der Waals surface area contributed by atoms with Crippen molar-refractivity contribution in [1.82, 2.24) is 16.0 Å². The van der Waals surface area contributed by atoms with Crippen molar-refractivity contribution in [1.29, 1.82) is 0 Å². The van der Waals surface area contributed by atoms with Gasteiger partial charge in [-0.05, 0) is 12.1 Å². The Bertz CT molecular complexity index is 338. The number of nitrogens with two attached hydrogens (primary N) is 1. The van der Waals surface area contributed by atoms with Crippen LogP contribution in [0.4, 0.5) is 8.78 Å². The van der Waals surface area contributed by atoms with E-state index in [1.165, 1.54) is 18.2 Å². The molecule has 1 aromatic rings. The predicted octanol–water partition coefficient (Wildman–Crippen LogP) is 0.0744. The number of hydrogen-bond acceptors (Lipinski definition) is 4. The van der Waals surface area contributed by atoms with Crippen LogP contribution in [0.2, 0.25) is 0 Å². The normalized spacial score (nSPS) is 22.2. The van der Waals surface area contributed by atoms with Gasteiger partial charge in [0.25, 0.3) is 0 Å². The standard InChI is InChI=1S/C9H12F2N4/c10-7-2-1-3-8(11)6(7)4-15-5-9(12)13-14-15/h1-3,9,13-14H,4-5,12H2. The van der Waals surface area contributed by atoms with Gasteiger partial charge in [-0.3, -0.25) is 0 Å². The van der Waals surface area contributed by atoms with Gasteiger partial charge in [-0.25, -0.2) is 19.2 Å². The molecule has 1 unspecified atom stereocenters. The monoisotopic (exact) mass is 214 g/mol. The molecule has 1 atom stereocenters. The minimum absolute atomic E-state index is 0.0425. The number of hydrogen-bond donors (Lipinski definition) is 3. The largest absolute Gasteiger partial charge is 0.314 e. The van der Waals surface area contributed by atoms with Crippen molar-refractivity contribution < 1.29 is 8.78 Å². The van der Waals surface area contributed by atoms with Crippen LogP contribution in [0.1, 0.15) is 5.56 Å². The van der Waals surface area contributed by atoms with Crippen LogP contribution in [0, 0.1) is 11.6 Å². The number of halogens is 2. The Balaban J connectivity index is 2.10. The van der Waals surface area contributed by atoms with Crippen molar-refractivity contribution in [2.45, 2.75) is 12.7 Å². The van der Waals surface area contributed by atoms with Gasteiger partial charge >= 0.3 is 0 Å². The Morgan fingerprint density at radius 1 is 1.40 bits per heavy atom. The van der Waals surface area contributed by atoms with Gasteiger partial charge in [0.15, 0.2) is 0 Å². The highest BCUT2D eigenvalue weighted by atomic mass is 19.1. The third-order valence-corrected chi connectivity index (χ3v) is 2.24. The van der Waals surface area contributed by atoms with Crippen LogP contribution < -0.4 is 16.7 Å². The Hall–Kier alpha value is -1.08. The molecule has 1 saturated heterocycles. The summed E-state index contributed by atoms with van der Waals surface area (Å²) in [6, 6.07) is 3.82. The molecule has 1 fully saturated rings. The molecule has 0 saturated carbocycles. The zero-order valence-electron chi connectivity index (χ0n) is 8.00. The van der Waals surface area contributed by atoms with Crippen molar-refractivity contribution in [2.24, 2.45) is 5.73 Å². The van der Waals surface area contributed by atoms with E-state index >= 15 is 0 Å².